The third-order valence-electron chi connectivity index (χ3n) is 8.66. The SMILES string of the molecule is NC(Cc1c(-c2ccccc2)ncn1Cc1cc(O)cc(-c2cccc(Cc3ncn(Cc4cccc(O)c4)c3C(N)C(F)(F)F)c2)c1)C(F)(F)F. The van der Waals surface area contributed by atoms with Crippen LogP contribution in [-0.4, -0.2) is 47.7 Å². The maximum Gasteiger partial charge on any atom is 0.409 e. The van der Waals surface area contributed by atoms with Crippen molar-refractivity contribution in [2.45, 2.75) is 50.4 Å². The summed E-state index contributed by atoms with van der Waals surface area (Å²) in [6, 6.07) is 22.3. The zero-order valence-corrected chi connectivity index (χ0v) is 27.5. The summed E-state index contributed by atoms with van der Waals surface area (Å²) < 4.78 is 85.5. The van der Waals surface area contributed by atoms with E-state index in [2.05, 4.69) is 9.97 Å². The van der Waals surface area contributed by atoms with Gasteiger partial charge in [-0.05, 0) is 58.1 Å². The number of nitrogens with zero attached hydrogens (tertiary/aromatic N) is 4. The van der Waals surface area contributed by atoms with E-state index < -0.39 is 30.9 Å². The van der Waals surface area contributed by atoms with E-state index >= 15 is 0 Å². The molecule has 6 rings (SSSR count). The van der Waals surface area contributed by atoms with Gasteiger partial charge in [0.2, 0.25) is 0 Å². The lowest BCUT2D eigenvalue weighted by atomic mass is 9.98. The second kappa shape index (κ2) is 14.6. The van der Waals surface area contributed by atoms with Gasteiger partial charge in [-0.2, -0.15) is 26.3 Å². The Morgan fingerprint density at radius 3 is 1.96 bits per heavy atom. The quantitative estimate of drug-likeness (QED) is 0.103. The summed E-state index contributed by atoms with van der Waals surface area (Å²) in [6.45, 7) is 0.0659. The first kappa shape index (κ1) is 36.2. The van der Waals surface area contributed by atoms with Gasteiger partial charge in [0.1, 0.15) is 23.6 Å². The number of alkyl halides is 6. The van der Waals surface area contributed by atoms with Crippen molar-refractivity contribution in [1.82, 2.24) is 19.1 Å². The van der Waals surface area contributed by atoms with Gasteiger partial charge >= 0.3 is 12.4 Å². The second-order valence-electron chi connectivity index (χ2n) is 12.5. The normalized spacial score (nSPS) is 13.3. The highest BCUT2D eigenvalue weighted by Crippen LogP contribution is 2.35. The van der Waals surface area contributed by atoms with E-state index in [1.54, 1.807) is 77.4 Å². The molecule has 0 spiro atoms. The number of imidazole rings is 2. The number of rotatable bonds is 11. The Morgan fingerprint density at radius 1 is 0.615 bits per heavy atom. The van der Waals surface area contributed by atoms with Gasteiger partial charge < -0.3 is 30.8 Å². The van der Waals surface area contributed by atoms with E-state index in [1.807, 2.05) is 0 Å². The summed E-state index contributed by atoms with van der Waals surface area (Å²) in [4.78, 5) is 8.72. The van der Waals surface area contributed by atoms with E-state index in [0.29, 0.717) is 39.1 Å². The Hall–Kier alpha value is -5.60. The standard InChI is InChI=1S/C38H34F6N6O2/c39-37(40,41)33(45)18-32-34(26-8-2-1-3-9-26)48-22-49(32)20-25-13-28(17-30(52)15-25)27-10-4-6-23(12-27)16-31-35(36(46)38(42,43)44)50(21-47-31)19-24-7-5-11-29(51)14-24/h1-15,17,21-22,33,36,51-52H,16,18-20,45-46H2. The summed E-state index contributed by atoms with van der Waals surface area (Å²) in [5, 5.41) is 20.6. The molecule has 14 heteroatoms. The topological polar surface area (TPSA) is 128 Å². The van der Waals surface area contributed by atoms with Crippen LogP contribution < -0.4 is 11.5 Å². The van der Waals surface area contributed by atoms with E-state index in [1.165, 1.54) is 41.5 Å². The van der Waals surface area contributed by atoms with Crippen molar-refractivity contribution in [3.8, 4) is 33.9 Å². The monoisotopic (exact) mass is 720 g/mol. The lowest BCUT2D eigenvalue weighted by molar-refractivity contribution is -0.150. The third kappa shape index (κ3) is 8.30. The minimum absolute atomic E-state index is 0.000233. The van der Waals surface area contributed by atoms with Gasteiger partial charge in [-0.15, -0.1) is 0 Å². The Labute approximate surface area is 294 Å². The Balaban J connectivity index is 1.30. The highest BCUT2D eigenvalue weighted by atomic mass is 19.4. The van der Waals surface area contributed by atoms with Gasteiger partial charge in [0.25, 0.3) is 0 Å². The maximum absolute atomic E-state index is 14.0. The number of phenolic OH excluding ortho intramolecular Hbond substituents is 2. The second-order valence-corrected chi connectivity index (χ2v) is 12.5. The van der Waals surface area contributed by atoms with Crippen molar-refractivity contribution >= 4 is 0 Å². The first-order valence-corrected chi connectivity index (χ1v) is 16.1. The fourth-order valence-electron chi connectivity index (χ4n) is 6.16. The fraction of sp³-hybridized carbons (Fsp3) is 0.211. The van der Waals surface area contributed by atoms with E-state index in [0.717, 1.165) is 0 Å². The molecule has 0 aliphatic heterocycles. The van der Waals surface area contributed by atoms with E-state index in [4.69, 9.17) is 11.5 Å². The lowest BCUT2D eigenvalue weighted by Crippen LogP contribution is -2.39. The molecule has 0 radical (unpaired) electrons. The molecular formula is C38H34F6N6O2. The summed E-state index contributed by atoms with van der Waals surface area (Å²) in [7, 11) is 0. The van der Waals surface area contributed by atoms with Crippen LogP contribution in [0, 0.1) is 0 Å². The van der Waals surface area contributed by atoms with Crippen molar-refractivity contribution in [1.29, 1.82) is 0 Å². The Bertz CT molecular complexity index is 2160. The smallest absolute Gasteiger partial charge is 0.409 e. The molecule has 0 saturated carbocycles. The van der Waals surface area contributed by atoms with Crippen LogP contribution in [0.25, 0.3) is 22.4 Å². The third-order valence-corrected chi connectivity index (χ3v) is 8.66. The molecule has 0 aliphatic carbocycles. The minimum atomic E-state index is -4.75. The number of phenols is 2. The molecule has 0 aliphatic rings. The minimum Gasteiger partial charge on any atom is -0.508 e. The van der Waals surface area contributed by atoms with Crippen molar-refractivity contribution in [2.75, 3.05) is 0 Å². The zero-order valence-electron chi connectivity index (χ0n) is 27.5. The number of halogens is 6. The molecule has 52 heavy (non-hydrogen) atoms. The van der Waals surface area contributed by atoms with Gasteiger partial charge in [-0.25, -0.2) is 9.97 Å². The summed E-state index contributed by atoms with van der Waals surface area (Å²) in [6.07, 6.45) is -7.17. The zero-order chi connectivity index (χ0) is 37.2. The van der Waals surface area contributed by atoms with Crippen molar-refractivity contribution < 1.29 is 36.6 Å². The van der Waals surface area contributed by atoms with Gasteiger partial charge in [-0.1, -0.05) is 66.7 Å². The summed E-state index contributed by atoms with van der Waals surface area (Å²) in [5.41, 5.74) is 15.4. The number of hydrogen-bond acceptors (Lipinski definition) is 6. The molecule has 0 saturated heterocycles. The molecule has 2 unspecified atom stereocenters. The molecule has 6 N–H and O–H groups in total. The fourth-order valence-corrected chi connectivity index (χ4v) is 6.16. The van der Waals surface area contributed by atoms with Crippen LogP contribution >= 0.6 is 0 Å². The lowest BCUT2D eigenvalue weighted by Gasteiger charge is -2.20. The highest BCUT2D eigenvalue weighted by Gasteiger charge is 2.41. The molecule has 2 aromatic heterocycles. The molecule has 0 bridgehead atoms. The first-order valence-electron chi connectivity index (χ1n) is 16.1. The van der Waals surface area contributed by atoms with Crippen LogP contribution in [0.15, 0.2) is 110 Å². The average Bonchev–Trinajstić information content (AvgIpc) is 3.66. The van der Waals surface area contributed by atoms with Gasteiger partial charge in [0.05, 0.1) is 29.7 Å². The molecular weight excluding hydrogens is 686 g/mol. The van der Waals surface area contributed by atoms with Crippen LogP contribution in [-0.2, 0) is 25.9 Å². The van der Waals surface area contributed by atoms with Crippen LogP contribution in [0.2, 0.25) is 0 Å². The van der Waals surface area contributed by atoms with E-state index in [-0.39, 0.29) is 48.1 Å². The number of nitrogens with two attached hydrogens (primary N) is 2. The van der Waals surface area contributed by atoms with Crippen molar-refractivity contribution in [2.24, 2.45) is 11.5 Å². The summed E-state index contributed by atoms with van der Waals surface area (Å²) >= 11 is 0. The average molecular weight is 721 g/mol. The Morgan fingerprint density at radius 2 is 1.25 bits per heavy atom. The Kier molecular flexibility index (Phi) is 10.1. The molecule has 2 atom stereocenters. The van der Waals surface area contributed by atoms with Crippen LogP contribution in [0.5, 0.6) is 11.5 Å². The van der Waals surface area contributed by atoms with Crippen molar-refractivity contribution in [3.63, 3.8) is 0 Å². The highest BCUT2D eigenvalue weighted by molar-refractivity contribution is 5.67. The van der Waals surface area contributed by atoms with Gasteiger partial charge in [-0.3, -0.25) is 0 Å². The molecule has 270 valence electrons. The van der Waals surface area contributed by atoms with Crippen LogP contribution in [0.1, 0.15) is 39.8 Å². The van der Waals surface area contributed by atoms with Crippen LogP contribution in [0.3, 0.4) is 0 Å². The van der Waals surface area contributed by atoms with Gasteiger partial charge in [0.15, 0.2) is 0 Å². The van der Waals surface area contributed by atoms with Crippen LogP contribution in [0.4, 0.5) is 26.3 Å². The molecule has 2 heterocycles. The predicted octanol–water partition coefficient (Wildman–Crippen LogP) is 7.51. The maximum atomic E-state index is 14.0. The number of benzene rings is 4. The molecule has 8 nitrogen and oxygen atoms in total. The summed E-state index contributed by atoms with van der Waals surface area (Å²) in [5.74, 6) is -0.126. The molecule has 0 amide bonds. The molecule has 6 aromatic rings. The molecule has 0 fully saturated rings. The van der Waals surface area contributed by atoms with Gasteiger partial charge in [0, 0.05) is 37.2 Å². The first-order chi connectivity index (χ1) is 24.7. The van der Waals surface area contributed by atoms with E-state index in [9.17, 15) is 36.6 Å². The largest absolute Gasteiger partial charge is 0.508 e. The number of hydrogen-bond donors (Lipinski definition) is 4. The van der Waals surface area contributed by atoms with Crippen molar-refractivity contribution in [3.05, 3.63) is 143 Å². The number of aromatic nitrogens is 4. The number of aromatic hydroxyl groups is 2. The molecule has 4 aromatic carbocycles. The predicted molar refractivity (Wildman–Crippen MR) is 183 cm³/mol.